The van der Waals surface area contributed by atoms with Crippen LogP contribution in [0.25, 0.3) is 6.08 Å². The number of aryl methyl sites for hydroxylation is 1. The predicted molar refractivity (Wildman–Crippen MR) is 121 cm³/mol. The van der Waals surface area contributed by atoms with Crippen LogP contribution in [0, 0.1) is 13.8 Å². The number of urea groups is 1. The van der Waals surface area contributed by atoms with E-state index in [2.05, 4.69) is 27.8 Å². The third-order valence-corrected chi connectivity index (χ3v) is 5.42. The molecule has 2 aromatic rings. The minimum atomic E-state index is -0.784. The van der Waals surface area contributed by atoms with Crippen molar-refractivity contribution in [2.45, 2.75) is 13.8 Å². The first kappa shape index (κ1) is 22.3. The molecule has 0 aromatic heterocycles. The Morgan fingerprint density at radius 1 is 1.19 bits per heavy atom. The fourth-order valence-electron chi connectivity index (χ4n) is 3.13. The monoisotopic (exact) mass is 484 g/mol. The summed E-state index contributed by atoms with van der Waals surface area (Å²) in [4.78, 5) is 39.1. The molecule has 4 amide bonds. The Bertz CT molecular complexity index is 1120. The van der Waals surface area contributed by atoms with Crippen molar-refractivity contribution < 1.29 is 23.9 Å². The molecule has 0 aliphatic carbocycles. The van der Waals surface area contributed by atoms with Crippen molar-refractivity contribution in [1.29, 1.82) is 0 Å². The van der Waals surface area contributed by atoms with Gasteiger partial charge in [0.05, 0.1) is 17.3 Å². The molecule has 0 atom stereocenters. The van der Waals surface area contributed by atoms with E-state index in [-0.39, 0.29) is 12.2 Å². The molecule has 0 radical (unpaired) electrons. The van der Waals surface area contributed by atoms with Crippen LogP contribution in [0.5, 0.6) is 11.5 Å². The Kier molecular flexibility index (Phi) is 6.60. The van der Waals surface area contributed by atoms with Gasteiger partial charge in [0, 0.05) is 0 Å². The Morgan fingerprint density at radius 3 is 2.61 bits per heavy atom. The molecule has 0 spiro atoms. The van der Waals surface area contributed by atoms with Gasteiger partial charge >= 0.3 is 6.03 Å². The van der Waals surface area contributed by atoms with Crippen molar-refractivity contribution in [3.8, 4) is 11.5 Å². The minimum absolute atomic E-state index is 0.172. The predicted octanol–water partition coefficient (Wildman–Crippen LogP) is 4.31. The number of carbonyl (C=O) groups is 3. The Hall–Kier alpha value is -3.39. The second-order valence-electron chi connectivity index (χ2n) is 6.81. The van der Waals surface area contributed by atoms with Crippen molar-refractivity contribution in [3.05, 3.63) is 69.7 Å². The van der Waals surface area contributed by atoms with Crippen molar-refractivity contribution in [1.82, 2.24) is 5.32 Å². The van der Waals surface area contributed by atoms with E-state index in [1.54, 1.807) is 30.3 Å². The lowest BCUT2D eigenvalue weighted by Crippen LogP contribution is -2.54. The maximum Gasteiger partial charge on any atom is 0.335 e. The average molecular weight is 485 g/mol. The number of barbiturate groups is 1. The molecule has 1 fully saturated rings. The molecular weight excluding hydrogens is 464 g/mol. The Balaban J connectivity index is 2.05. The number of anilines is 1. The highest BCUT2D eigenvalue weighted by Gasteiger charge is 2.37. The molecule has 31 heavy (non-hydrogen) atoms. The molecular formula is C23H21BrN2O5. The van der Waals surface area contributed by atoms with E-state index in [1.807, 2.05) is 19.9 Å². The zero-order valence-corrected chi connectivity index (χ0v) is 18.9. The summed E-state index contributed by atoms with van der Waals surface area (Å²) in [6.07, 6.45) is 3.01. The van der Waals surface area contributed by atoms with Gasteiger partial charge in [-0.1, -0.05) is 24.8 Å². The number of methoxy groups -OCH3 is 1. The molecule has 1 aliphatic heterocycles. The number of hydrogen-bond acceptors (Lipinski definition) is 5. The zero-order valence-electron chi connectivity index (χ0n) is 17.3. The van der Waals surface area contributed by atoms with Gasteiger partial charge in [-0.05, 0) is 70.7 Å². The van der Waals surface area contributed by atoms with Crippen molar-refractivity contribution in [2.75, 3.05) is 18.6 Å². The summed E-state index contributed by atoms with van der Waals surface area (Å²) in [6.45, 7) is 7.59. The fourth-order valence-corrected chi connectivity index (χ4v) is 3.70. The largest absolute Gasteiger partial charge is 0.493 e. The number of hydrogen-bond donors (Lipinski definition) is 1. The van der Waals surface area contributed by atoms with Crippen LogP contribution in [0.1, 0.15) is 16.7 Å². The first-order valence-corrected chi connectivity index (χ1v) is 10.2. The van der Waals surface area contributed by atoms with Crippen LogP contribution in [0.15, 0.2) is 53.0 Å². The van der Waals surface area contributed by atoms with E-state index >= 15 is 0 Å². The topological polar surface area (TPSA) is 84.9 Å². The summed E-state index contributed by atoms with van der Waals surface area (Å²) in [5, 5.41) is 2.24. The molecule has 0 saturated carbocycles. The molecule has 7 nitrogen and oxygen atoms in total. The lowest BCUT2D eigenvalue weighted by atomic mass is 10.0. The number of benzene rings is 2. The second kappa shape index (κ2) is 9.18. The number of ether oxygens (including phenoxy) is 2. The molecule has 8 heteroatoms. The van der Waals surface area contributed by atoms with Crippen molar-refractivity contribution in [2.24, 2.45) is 0 Å². The summed E-state index contributed by atoms with van der Waals surface area (Å²) < 4.78 is 11.5. The van der Waals surface area contributed by atoms with Crippen LogP contribution >= 0.6 is 15.9 Å². The summed E-state index contributed by atoms with van der Waals surface area (Å²) >= 11 is 3.42. The van der Waals surface area contributed by atoms with Gasteiger partial charge in [0.2, 0.25) is 0 Å². The van der Waals surface area contributed by atoms with Crippen LogP contribution in [0.3, 0.4) is 0 Å². The number of carbonyl (C=O) groups excluding carboxylic acids is 3. The van der Waals surface area contributed by atoms with Gasteiger partial charge in [0.25, 0.3) is 11.8 Å². The summed E-state index contributed by atoms with van der Waals surface area (Å²) in [5.41, 5.74) is 2.46. The number of amides is 4. The molecule has 1 saturated heterocycles. The molecule has 1 N–H and O–H groups in total. The van der Waals surface area contributed by atoms with Gasteiger partial charge in [-0.25, -0.2) is 9.69 Å². The smallest absolute Gasteiger partial charge is 0.335 e. The van der Waals surface area contributed by atoms with Gasteiger partial charge in [-0.3, -0.25) is 14.9 Å². The first-order chi connectivity index (χ1) is 14.8. The minimum Gasteiger partial charge on any atom is -0.493 e. The Morgan fingerprint density at radius 2 is 1.94 bits per heavy atom. The maximum atomic E-state index is 13.2. The summed E-state index contributed by atoms with van der Waals surface area (Å²) in [7, 11) is 1.48. The normalized spacial score (nSPS) is 15.2. The van der Waals surface area contributed by atoms with Crippen LogP contribution in [-0.2, 0) is 9.59 Å². The van der Waals surface area contributed by atoms with E-state index in [0.29, 0.717) is 27.2 Å². The molecule has 1 heterocycles. The number of rotatable bonds is 6. The summed E-state index contributed by atoms with van der Waals surface area (Å²) in [6, 6.07) is 7.84. The highest BCUT2D eigenvalue weighted by molar-refractivity contribution is 9.10. The molecule has 0 bridgehead atoms. The van der Waals surface area contributed by atoms with E-state index in [4.69, 9.17) is 9.47 Å². The highest BCUT2D eigenvalue weighted by Crippen LogP contribution is 2.37. The maximum absolute atomic E-state index is 13.2. The van der Waals surface area contributed by atoms with E-state index in [9.17, 15) is 14.4 Å². The number of nitrogens with one attached hydrogen (secondary N) is 1. The van der Waals surface area contributed by atoms with E-state index < -0.39 is 17.8 Å². The van der Waals surface area contributed by atoms with E-state index in [0.717, 1.165) is 16.0 Å². The van der Waals surface area contributed by atoms with Crippen LogP contribution in [-0.4, -0.2) is 31.6 Å². The van der Waals surface area contributed by atoms with Crippen molar-refractivity contribution >= 4 is 45.5 Å². The summed E-state index contributed by atoms with van der Waals surface area (Å²) in [5.74, 6) is -0.589. The molecule has 2 aromatic carbocycles. The molecule has 160 valence electrons. The number of imide groups is 2. The lowest BCUT2D eigenvalue weighted by molar-refractivity contribution is -0.122. The molecule has 3 rings (SSSR count). The molecule has 0 unspecified atom stereocenters. The van der Waals surface area contributed by atoms with Gasteiger partial charge in [-0.15, -0.1) is 0 Å². The van der Waals surface area contributed by atoms with Crippen LogP contribution in [0.4, 0.5) is 10.5 Å². The SMILES string of the molecule is C=CCOc1c(Br)cc(/C=C2\C(=O)NC(=O)N(c3cccc(C)c3C)C2=O)cc1OC. The van der Waals surface area contributed by atoms with Gasteiger partial charge in [-0.2, -0.15) is 0 Å². The zero-order chi connectivity index (χ0) is 22.7. The first-order valence-electron chi connectivity index (χ1n) is 9.37. The van der Waals surface area contributed by atoms with Gasteiger partial charge < -0.3 is 9.47 Å². The number of halogens is 1. The third kappa shape index (κ3) is 4.39. The van der Waals surface area contributed by atoms with Crippen LogP contribution < -0.4 is 19.7 Å². The Labute approximate surface area is 188 Å². The van der Waals surface area contributed by atoms with Crippen LogP contribution in [0.2, 0.25) is 0 Å². The van der Waals surface area contributed by atoms with Gasteiger partial charge in [0.1, 0.15) is 12.2 Å². The highest BCUT2D eigenvalue weighted by atomic mass is 79.9. The fraction of sp³-hybridized carbons (Fsp3) is 0.174. The molecule has 1 aliphatic rings. The quantitative estimate of drug-likeness (QED) is 0.375. The second-order valence-corrected chi connectivity index (χ2v) is 7.67. The average Bonchev–Trinajstić information content (AvgIpc) is 2.73. The third-order valence-electron chi connectivity index (χ3n) is 4.83. The van der Waals surface area contributed by atoms with E-state index in [1.165, 1.54) is 13.2 Å². The number of nitrogens with zero attached hydrogens (tertiary/aromatic N) is 1. The lowest BCUT2D eigenvalue weighted by Gasteiger charge is -2.28. The van der Waals surface area contributed by atoms with Gasteiger partial charge in [0.15, 0.2) is 11.5 Å². The van der Waals surface area contributed by atoms with Crippen molar-refractivity contribution in [3.63, 3.8) is 0 Å². The standard InChI is InChI=1S/C23H21BrN2O5/c1-5-9-31-20-17(24)11-15(12-19(20)30-4)10-16-21(27)25-23(29)26(22(16)28)18-8-6-7-13(2)14(18)3/h5-8,10-12H,1,9H2,2-4H3,(H,25,27,29)/b16-10+.